The van der Waals surface area contributed by atoms with E-state index in [1.165, 1.54) is 11.8 Å². The van der Waals surface area contributed by atoms with Crippen molar-refractivity contribution < 1.29 is 9.32 Å². The number of thioether (sulfide) groups is 1. The van der Waals surface area contributed by atoms with E-state index in [0.717, 1.165) is 18.0 Å². The van der Waals surface area contributed by atoms with Crippen molar-refractivity contribution in [1.29, 1.82) is 0 Å². The van der Waals surface area contributed by atoms with Gasteiger partial charge in [0.05, 0.1) is 12.3 Å². The number of nitrogens with zero attached hydrogens (tertiary/aromatic N) is 5. The molecule has 0 saturated heterocycles. The molecule has 2 heterocycles. The third kappa shape index (κ3) is 4.32. The highest BCUT2D eigenvalue weighted by atomic mass is 32.2. The Morgan fingerprint density at radius 1 is 1.52 bits per heavy atom. The van der Waals surface area contributed by atoms with Gasteiger partial charge in [-0.25, -0.2) is 4.98 Å². The van der Waals surface area contributed by atoms with Gasteiger partial charge in [-0.15, -0.1) is 0 Å². The van der Waals surface area contributed by atoms with Crippen LogP contribution in [0, 0.1) is 0 Å². The normalized spacial score (nSPS) is 10.8. The van der Waals surface area contributed by atoms with Crippen molar-refractivity contribution in [3.8, 4) is 0 Å². The lowest BCUT2D eigenvalue weighted by Crippen LogP contribution is -2.28. The van der Waals surface area contributed by atoms with Crippen molar-refractivity contribution in [2.45, 2.75) is 31.5 Å². The Morgan fingerprint density at radius 2 is 2.33 bits per heavy atom. The van der Waals surface area contributed by atoms with Crippen molar-refractivity contribution in [3.05, 3.63) is 24.1 Å². The second-order valence-electron chi connectivity index (χ2n) is 4.71. The van der Waals surface area contributed by atoms with Gasteiger partial charge >= 0.3 is 0 Å². The first-order chi connectivity index (χ1) is 10.1. The zero-order valence-corrected chi connectivity index (χ0v) is 13.3. The smallest absolute Gasteiger partial charge is 0.246 e. The monoisotopic (exact) mass is 309 g/mol. The summed E-state index contributed by atoms with van der Waals surface area (Å²) in [5.41, 5.74) is 0. The van der Waals surface area contributed by atoms with Crippen LogP contribution in [0.3, 0.4) is 0 Å². The number of hydrogen-bond acceptors (Lipinski definition) is 6. The molecule has 0 unspecified atom stereocenters. The summed E-state index contributed by atoms with van der Waals surface area (Å²) in [4.78, 5) is 22.1. The molecule has 0 fully saturated rings. The lowest BCUT2D eigenvalue weighted by molar-refractivity contribution is -0.127. The molecule has 7 nitrogen and oxygen atoms in total. The van der Waals surface area contributed by atoms with Crippen LogP contribution >= 0.6 is 11.8 Å². The fraction of sp³-hybridized carbons (Fsp3) is 0.538. The predicted octanol–water partition coefficient (Wildman–Crippen LogP) is 1.51. The van der Waals surface area contributed by atoms with E-state index in [9.17, 15) is 4.79 Å². The Labute approximate surface area is 127 Å². The lowest BCUT2D eigenvalue weighted by Gasteiger charge is -2.14. The van der Waals surface area contributed by atoms with Crippen LogP contribution in [-0.4, -0.2) is 43.3 Å². The number of imidazole rings is 1. The lowest BCUT2D eigenvalue weighted by atomic mass is 10.3. The van der Waals surface area contributed by atoms with E-state index in [1.54, 1.807) is 18.1 Å². The van der Waals surface area contributed by atoms with Crippen LogP contribution in [0.25, 0.3) is 0 Å². The molecule has 0 spiro atoms. The summed E-state index contributed by atoms with van der Waals surface area (Å²) in [7, 11) is 3.63. The molecule has 21 heavy (non-hydrogen) atoms. The van der Waals surface area contributed by atoms with Crippen LogP contribution in [0.1, 0.15) is 25.1 Å². The van der Waals surface area contributed by atoms with Crippen molar-refractivity contribution in [2.24, 2.45) is 7.05 Å². The zero-order chi connectivity index (χ0) is 15.2. The first-order valence-electron chi connectivity index (χ1n) is 6.75. The Hall–Kier alpha value is -1.83. The standard InChI is InChI=1S/C13H19N5O2S/c1-4-5-10-15-11(20-16-10)8-18(3)12(19)9-21-13-14-6-7-17(13)2/h6-7H,4-5,8-9H2,1-3H3. The molecule has 8 heteroatoms. The van der Waals surface area contributed by atoms with Gasteiger partial charge in [-0.3, -0.25) is 4.79 Å². The van der Waals surface area contributed by atoms with Gasteiger partial charge < -0.3 is 14.0 Å². The summed E-state index contributed by atoms with van der Waals surface area (Å²) in [6.07, 6.45) is 5.32. The average molecular weight is 309 g/mol. The number of amides is 1. The van der Waals surface area contributed by atoms with Crippen molar-refractivity contribution in [3.63, 3.8) is 0 Å². The van der Waals surface area contributed by atoms with Gasteiger partial charge in [0.15, 0.2) is 11.0 Å². The minimum absolute atomic E-state index is 0.00163. The molecule has 0 aliphatic rings. The topological polar surface area (TPSA) is 77.0 Å². The average Bonchev–Trinajstić information content (AvgIpc) is 3.06. The number of rotatable bonds is 7. The first kappa shape index (κ1) is 15.6. The van der Waals surface area contributed by atoms with Gasteiger partial charge in [-0.1, -0.05) is 23.8 Å². The van der Waals surface area contributed by atoms with Crippen LogP contribution in [0.15, 0.2) is 22.1 Å². The number of hydrogen-bond donors (Lipinski definition) is 0. The zero-order valence-electron chi connectivity index (χ0n) is 12.4. The Balaban J connectivity index is 1.83. The molecule has 0 bridgehead atoms. The molecule has 0 aliphatic carbocycles. The van der Waals surface area contributed by atoms with Crippen molar-refractivity contribution >= 4 is 17.7 Å². The van der Waals surface area contributed by atoms with E-state index in [4.69, 9.17) is 4.52 Å². The van der Waals surface area contributed by atoms with E-state index < -0.39 is 0 Å². The molecule has 1 amide bonds. The van der Waals surface area contributed by atoms with Crippen LogP contribution in [0.4, 0.5) is 0 Å². The van der Waals surface area contributed by atoms with Crippen LogP contribution < -0.4 is 0 Å². The minimum Gasteiger partial charge on any atom is -0.337 e. The summed E-state index contributed by atoms with van der Waals surface area (Å²) in [6.45, 7) is 2.39. The molecule has 0 N–H and O–H groups in total. The molecular weight excluding hydrogens is 290 g/mol. The quantitative estimate of drug-likeness (QED) is 0.721. The second-order valence-corrected chi connectivity index (χ2v) is 5.66. The maximum Gasteiger partial charge on any atom is 0.246 e. The molecular formula is C13H19N5O2S. The largest absolute Gasteiger partial charge is 0.337 e. The minimum atomic E-state index is -0.00163. The number of aromatic nitrogens is 4. The predicted molar refractivity (Wildman–Crippen MR) is 78.7 cm³/mol. The van der Waals surface area contributed by atoms with E-state index in [2.05, 4.69) is 22.0 Å². The molecule has 114 valence electrons. The summed E-state index contributed by atoms with van der Waals surface area (Å²) in [5, 5.41) is 4.69. The highest BCUT2D eigenvalue weighted by Gasteiger charge is 2.15. The molecule has 0 atom stereocenters. The molecule has 0 aromatic carbocycles. The van der Waals surface area contributed by atoms with Crippen molar-refractivity contribution in [2.75, 3.05) is 12.8 Å². The summed E-state index contributed by atoms with van der Waals surface area (Å²) in [5.74, 6) is 1.49. The molecule has 2 aromatic heterocycles. The second kappa shape index (κ2) is 7.26. The third-order valence-electron chi connectivity index (χ3n) is 2.88. The molecule has 2 rings (SSSR count). The fourth-order valence-electron chi connectivity index (χ4n) is 1.70. The summed E-state index contributed by atoms with van der Waals surface area (Å²) in [6, 6.07) is 0. The Kier molecular flexibility index (Phi) is 5.38. The third-order valence-corrected chi connectivity index (χ3v) is 3.93. The summed E-state index contributed by atoms with van der Waals surface area (Å²) < 4.78 is 7.01. The van der Waals surface area contributed by atoms with Gasteiger partial charge in [-0.2, -0.15) is 4.98 Å². The van der Waals surface area contributed by atoms with E-state index in [-0.39, 0.29) is 5.91 Å². The number of carbonyl (C=O) groups is 1. The van der Waals surface area contributed by atoms with Gasteiger partial charge in [0.1, 0.15) is 0 Å². The maximum absolute atomic E-state index is 12.1. The first-order valence-corrected chi connectivity index (χ1v) is 7.74. The van der Waals surface area contributed by atoms with Crippen molar-refractivity contribution in [1.82, 2.24) is 24.6 Å². The van der Waals surface area contributed by atoms with Gasteiger partial charge in [0.25, 0.3) is 0 Å². The Morgan fingerprint density at radius 3 is 3.00 bits per heavy atom. The molecule has 0 aliphatic heterocycles. The SMILES string of the molecule is CCCc1noc(CN(C)C(=O)CSc2nccn2C)n1. The summed E-state index contributed by atoms with van der Waals surface area (Å²) >= 11 is 1.41. The molecule has 0 radical (unpaired) electrons. The van der Waals surface area contributed by atoms with Crippen LogP contribution in [0.5, 0.6) is 0 Å². The maximum atomic E-state index is 12.1. The van der Waals surface area contributed by atoms with E-state index in [1.807, 2.05) is 17.8 Å². The number of carbonyl (C=O) groups excluding carboxylic acids is 1. The fourth-order valence-corrected chi connectivity index (χ4v) is 2.57. The van der Waals surface area contributed by atoms with Gasteiger partial charge in [0.2, 0.25) is 11.8 Å². The Bertz CT molecular complexity index is 595. The van der Waals surface area contributed by atoms with E-state index in [0.29, 0.717) is 24.0 Å². The molecule has 2 aromatic rings. The van der Waals surface area contributed by atoms with Gasteiger partial charge in [0, 0.05) is 32.9 Å². The highest BCUT2D eigenvalue weighted by Crippen LogP contribution is 2.15. The van der Waals surface area contributed by atoms with Crippen LogP contribution in [-0.2, 0) is 24.8 Å². The highest BCUT2D eigenvalue weighted by molar-refractivity contribution is 7.99. The van der Waals surface area contributed by atoms with Gasteiger partial charge in [-0.05, 0) is 6.42 Å². The van der Waals surface area contributed by atoms with Crippen LogP contribution in [0.2, 0.25) is 0 Å². The van der Waals surface area contributed by atoms with E-state index >= 15 is 0 Å². The number of aryl methyl sites for hydroxylation is 2. The molecule has 0 saturated carbocycles.